The van der Waals surface area contributed by atoms with E-state index in [0.717, 1.165) is 0 Å². The summed E-state index contributed by atoms with van der Waals surface area (Å²) in [6, 6.07) is 4.89. The highest BCUT2D eigenvalue weighted by atomic mass is 16.4. The molecule has 2 aromatic rings. The first-order valence-electron chi connectivity index (χ1n) is 4.34. The number of carboxylic acid groups (broad SMARTS) is 1. The highest BCUT2D eigenvalue weighted by Crippen LogP contribution is 2.19. The smallest absolute Gasteiger partial charge is 0.338 e. The lowest BCUT2D eigenvalue weighted by molar-refractivity contribution is 0.0699. The molecule has 0 saturated carbocycles. The molecule has 1 heterocycles. The van der Waals surface area contributed by atoms with Crippen molar-refractivity contribution in [3.63, 3.8) is 0 Å². The fourth-order valence-corrected chi connectivity index (χ4v) is 1.32. The lowest BCUT2D eigenvalue weighted by atomic mass is 10.2. The van der Waals surface area contributed by atoms with Crippen molar-refractivity contribution in [2.24, 2.45) is 0 Å². The third-order valence-electron chi connectivity index (χ3n) is 2.00. The number of aromatic nitrogens is 1. The van der Waals surface area contributed by atoms with Gasteiger partial charge in [0.1, 0.15) is 5.52 Å². The average Bonchev–Trinajstić information content (AvgIpc) is 2.59. The van der Waals surface area contributed by atoms with Gasteiger partial charge in [-0.3, -0.25) is 0 Å². The summed E-state index contributed by atoms with van der Waals surface area (Å²) in [6.07, 6.45) is 0.660. The summed E-state index contributed by atoms with van der Waals surface area (Å²) in [5.41, 5.74) is 1.14. The van der Waals surface area contributed by atoms with Gasteiger partial charge in [-0.05, 0) is 12.1 Å². The van der Waals surface area contributed by atoms with E-state index in [1.807, 2.05) is 6.92 Å². The second-order valence-corrected chi connectivity index (χ2v) is 2.92. The zero-order chi connectivity index (χ0) is 10.1. The van der Waals surface area contributed by atoms with Crippen molar-refractivity contribution in [2.45, 2.75) is 13.3 Å². The van der Waals surface area contributed by atoms with Crippen LogP contribution in [0.2, 0.25) is 0 Å². The Labute approximate surface area is 80.2 Å². The molecule has 4 heteroatoms. The summed E-state index contributed by atoms with van der Waals surface area (Å²) in [5, 5.41) is 8.88. The maximum atomic E-state index is 10.8. The van der Waals surface area contributed by atoms with E-state index in [2.05, 4.69) is 4.98 Å². The van der Waals surface area contributed by atoms with Gasteiger partial charge in [-0.2, -0.15) is 0 Å². The number of aromatic carboxylic acids is 1. The molecule has 1 N–H and O–H groups in total. The van der Waals surface area contributed by atoms with E-state index in [4.69, 9.17) is 9.52 Å². The van der Waals surface area contributed by atoms with Gasteiger partial charge in [-0.1, -0.05) is 13.0 Å². The lowest BCUT2D eigenvalue weighted by Crippen LogP contribution is -1.96. The predicted octanol–water partition coefficient (Wildman–Crippen LogP) is 2.09. The van der Waals surface area contributed by atoms with Crippen molar-refractivity contribution in [3.05, 3.63) is 29.7 Å². The molecule has 1 aromatic heterocycles. The Kier molecular flexibility index (Phi) is 1.96. The van der Waals surface area contributed by atoms with Gasteiger partial charge in [-0.25, -0.2) is 9.78 Å². The molecule has 72 valence electrons. The van der Waals surface area contributed by atoms with Gasteiger partial charge in [0.05, 0.1) is 5.56 Å². The maximum Gasteiger partial charge on any atom is 0.338 e. The average molecular weight is 191 g/mol. The van der Waals surface area contributed by atoms with Crippen LogP contribution in [-0.2, 0) is 6.42 Å². The molecule has 0 radical (unpaired) electrons. The van der Waals surface area contributed by atoms with Crippen molar-refractivity contribution >= 4 is 17.1 Å². The number of rotatable bonds is 2. The molecule has 2 rings (SSSR count). The number of benzene rings is 1. The molecule has 0 spiro atoms. The molecule has 0 aliphatic heterocycles. The highest BCUT2D eigenvalue weighted by Gasteiger charge is 2.12. The fraction of sp³-hybridized carbons (Fsp3) is 0.200. The van der Waals surface area contributed by atoms with Gasteiger partial charge in [0.2, 0.25) is 0 Å². The molecule has 0 saturated heterocycles. The molecule has 14 heavy (non-hydrogen) atoms. The first kappa shape index (κ1) is 8.74. The molecule has 0 aliphatic carbocycles. The quantitative estimate of drug-likeness (QED) is 0.789. The van der Waals surface area contributed by atoms with E-state index < -0.39 is 5.97 Å². The minimum Gasteiger partial charge on any atom is -0.478 e. The van der Waals surface area contributed by atoms with Gasteiger partial charge < -0.3 is 9.52 Å². The van der Waals surface area contributed by atoms with Crippen LogP contribution in [0.5, 0.6) is 0 Å². The number of aryl methyl sites for hydroxylation is 1. The second kappa shape index (κ2) is 3.14. The van der Waals surface area contributed by atoms with Gasteiger partial charge in [0.15, 0.2) is 11.5 Å². The standard InChI is InChI=1S/C10H9NO3/c1-2-8-11-9-6(10(12)13)4-3-5-7(9)14-8/h3-5H,2H2,1H3,(H,12,13). The highest BCUT2D eigenvalue weighted by molar-refractivity contribution is 6.00. The minimum atomic E-state index is -0.980. The zero-order valence-electron chi connectivity index (χ0n) is 7.65. The zero-order valence-corrected chi connectivity index (χ0v) is 7.65. The Balaban J connectivity index is 2.73. The third kappa shape index (κ3) is 1.25. The number of oxazole rings is 1. The first-order valence-corrected chi connectivity index (χ1v) is 4.34. The maximum absolute atomic E-state index is 10.8. The molecule has 0 fully saturated rings. The van der Waals surface area contributed by atoms with E-state index in [0.29, 0.717) is 23.4 Å². The molecule has 0 unspecified atom stereocenters. The van der Waals surface area contributed by atoms with Crippen molar-refractivity contribution in [3.8, 4) is 0 Å². The number of carboxylic acids is 1. The summed E-state index contributed by atoms with van der Waals surface area (Å²) in [7, 11) is 0. The fourth-order valence-electron chi connectivity index (χ4n) is 1.32. The molecule has 0 atom stereocenters. The number of carbonyl (C=O) groups is 1. The van der Waals surface area contributed by atoms with Gasteiger partial charge in [0, 0.05) is 6.42 Å². The van der Waals surface area contributed by atoms with E-state index >= 15 is 0 Å². The Hall–Kier alpha value is -1.84. The largest absolute Gasteiger partial charge is 0.478 e. The van der Waals surface area contributed by atoms with Crippen LogP contribution in [0.3, 0.4) is 0 Å². The minimum absolute atomic E-state index is 0.186. The summed E-state index contributed by atoms with van der Waals surface area (Å²) >= 11 is 0. The van der Waals surface area contributed by atoms with Gasteiger partial charge in [0.25, 0.3) is 0 Å². The Bertz CT molecular complexity index is 487. The number of hydrogen-bond donors (Lipinski definition) is 1. The van der Waals surface area contributed by atoms with Crippen molar-refractivity contribution in [2.75, 3.05) is 0 Å². The molecule has 0 bridgehead atoms. The summed E-state index contributed by atoms with van der Waals surface area (Å²) in [6.45, 7) is 1.91. The summed E-state index contributed by atoms with van der Waals surface area (Å²) in [4.78, 5) is 14.9. The molecular weight excluding hydrogens is 182 g/mol. The van der Waals surface area contributed by atoms with Gasteiger partial charge >= 0.3 is 5.97 Å². The monoisotopic (exact) mass is 191 g/mol. The Morgan fingerprint density at radius 2 is 2.36 bits per heavy atom. The van der Waals surface area contributed by atoms with Crippen LogP contribution in [0, 0.1) is 0 Å². The topological polar surface area (TPSA) is 63.3 Å². The van der Waals surface area contributed by atoms with E-state index in [9.17, 15) is 4.79 Å². The second-order valence-electron chi connectivity index (χ2n) is 2.92. The van der Waals surface area contributed by atoms with Crippen LogP contribution in [0.4, 0.5) is 0 Å². The van der Waals surface area contributed by atoms with E-state index in [-0.39, 0.29) is 5.56 Å². The predicted molar refractivity (Wildman–Crippen MR) is 50.3 cm³/mol. The first-order chi connectivity index (χ1) is 6.72. The number of nitrogens with zero attached hydrogens (tertiary/aromatic N) is 1. The van der Waals surface area contributed by atoms with Crippen LogP contribution in [0.15, 0.2) is 22.6 Å². The number of fused-ring (bicyclic) bond motifs is 1. The van der Waals surface area contributed by atoms with Crippen LogP contribution < -0.4 is 0 Å². The van der Waals surface area contributed by atoms with Crippen molar-refractivity contribution in [1.29, 1.82) is 0 Å². The summed E-state index contributed by atoms with van der Waals surface area (Å²) in [5.74, 6) is -0.416. The molecule has 0 amide bonds. The lowest BCUT2D eigenvalue weighted by Gasteiger charge is -1.92. The van der Waals surface area contributed by atoms with E-state index in [1.54, 1.807) is 12.1 Å². The van der Waals surface area contributed by atoms with Gasteiger partial charge in [-0.15, -0.1) is 0 Å². The van der Waals surface area contributed by atoms with E-state index in [1.165, 1.54) is 6.07 Å². The normalized spacial score (nSPS) is 10.6. The molecule has 0 aliphatic rings. The number of para-hydroxylation sites is 1. The molecule has 4 nitrogen and oxygen atoms in total. The van der Waals surface area contributed by atoms with Crippen LogP contribution in [0.1, 0.15) is 23.2 Å². The SMILES string of the molecule is CCc1nc2c(C(=O)O)cccc2o1. The van der Waals surface area contributed by atoms with Crippen LogP contribution in [-0.4, -0.2) is 16.1 Å². The van der Waals surface area contributed by atoms with Crippen LogP contribution >= 0.6 is 0 Å². The Morgan fingerprint density at radius 3 is 3.00 bits per heavy atom. The van der Waals surface area contributed by atoms with Crippen LogP contribution in [0.25, 0.3) is 11.1 Å². The van der Waals surface area contributed by atoms with Crippen molar-refractivity contribution in [1.82, 2.24) is 4.98 Å². The molecular formula is C10H9NO3. The van der Waals surface area contributed by atoms with Crippen molar-refractivity contribution < 1.29 is 14.3 Å². The molecule has 1 aromatic carbocycles. The number of hydrogen-bond acceptors (Lipinski definition) is 3. The third-order valence-corrected chi connectivity index (χ3v) is 2.00. The summed E-state index contributed by atoms with van der Waals surface area (Å²) < 4.78 is 5.33. The Morgan fingerprint density at radius 1 is 1.57 bits per heavy atom.